The van der Waals surface area contributed by atoms with E-state index in [4.69, 9.17) is 9.47 Å². The zero-order valence-corrected chi connectivity index (χ0v) is 18.2. The van der Waals surface area contributed by atoms with Crippen LogP contribution in [-0.2, 0) is 9.53 Å². The van der Waals surface area contributed by atoms with Crippen LogP contribution in [0.1, 0.15) is 30.8 Å². The Hall–Kier alpha value is -2.62. The molecule has 3 aromatic rings. The van der Waals surface area contributed by atoms with Gasteiger partial charge in [-0.25, -0.2) is 0 Å². The third kappa shape index (κ3) is 4.58. The van der Waals surface area contributed by atoms with Gasteiger partial charge in [0.15, 0.2) is 5.82 Å². The van der Waals surface area contributed by atoms with Crippen LogP contribution in [0.5, 0.6) is 5.75 Å². The standard InChI is InChI=1S/C21H22BrN5O3/c1-2-19(28)30-18-9-7-17(8-10-18)27-21(23-24-25-27)20(26-11-13-29-14-12-26)15-3-5-16(22)6-4-15/h3-10,20H,2,11-14H2,1H3. The highest BCUT2D eigenvalue weighted by molar-refractivity contribution is 9.10. The molecule has 0 bridgehead atoms. The van der Waals surface area contributed by atoms with Crippen molar-refractivity contribution in [2.45, 2.75) is 19.4 Å². The van der Waals surface area contributed by atoms with E-state index in [1.54, 1.807) is 23.7 Å². The molecular weight excluding hydrogens is 450 g/mol. The van der Waals surface area contributed by atoms with E-state index >= 15 is 0 Å². The second kappa shape index (κ2) is 9.46. The van der Waals surface area contributed by atoms with Crippen molar-refractivity contribution in [1.82, 2.24) is 25.1 Å². The molecule has 2 aromatic carbocycles. The lowest BCUT2D eigenvalue weighted by molar-refractivity contribution is -0.134. The number of morpholine rings is 1. The molecule has 9 heteroatoms. The Kier molecular flexibility index (Phi) is 6.51. The van der Waals surface area contributed by atoms with Crippen molar-refractivity contribution in [3.8, 4) is 11.4 Å². The monoisotopic (exact) mass is 471 g/mol. The Bertz CT molecular complexity index is 985. The lowest BCUT2D eigenvalue weighted by Crippen LogP contribution is -2.40. The fourth-order valence-electron chi connectivity index (χ4n) is 3.41. The first-order valence-corrected chi connectivity index (χ1v) is 10.6. The molecule has 1 fully saturated rings. The summed E-state index contributed by atoms with van der Waals surface area (Å²) in [7, 11) is 0. The highest BCUT2D eigenvalue weighted by atomic mass is 79.9. The molecule has 0 N–H and O–H groups in total. The predicted octanol–water partition coefficient (Wildman–Crippen LogP) is 3.16. The Balaban J connectivity index is 1.68. The van der Waals surface area contributed by atoms with Crippen LogP contribution in [0.15, 0.2) is 53.0 Å². The third-order valence-corrected chi connectivity index (χ3v) is 5.47. The molecule has 156 valence electrons. The van der Waals surface area contributed by atoms with Crippen molar-refractivity contribution in [2.75, 3.05) is 26.3 Å². The van der Waals surface area contributed by atoms with E-state index in [2.05, 4.69) is 48.5 Å². The summed E-state index contributed by atoms with van der Waals surface area (Å²) in [5, 5.41) is 12.6. The van der Waals surface area contributed by atoms with Gasteiger partial charge in [0.25, 0.3) is 0 Å². The van der Waals surface area contributed by atoms with Gasteiger partial charge < -0.3 is 9.47 Å². The zero-order valence-electron chi connectivity index (χ0n) is 16.6. The second-order valence-corrected chi connectivity index (χ2v) is 7.79. The highest BCUT2D eigenvalue weighted by Gasteiger charge is 2.29. The number of nitrogens with zero attached hydrogens (tertiary/aromatic N) is 5. The molecule has 0 radical (unpaired) electrons. The minimum absolute atomic E-state index is 0.116. The van der Waals surface area contributed by atoms with Gasteiger partial charge in [-0.3, -0.25) is 9.69 Å². The maximum Gasteiger partial charge on any atom is 0.310 e. The molecule has 1 saturated heterocycles. The van der Waals surface area contributed by atoms with Crippen molar-refractivity contribution in [2.24, 2.45) is 0 Å². The van der Waals surface area contributed by atoms with Gasteiger partial charge in [-0.2, -0.15) is 4.68 Å². The molecule has 1 aliphatic heterocycles. The summed E-state index contributed by atoms with van der Waals surface area (Å²) in [5.74, 6) is 0.948. The molecule has 1 atom stereocenters. The van der Waals surface area contributed by atoms with Gasteiger partial charge in [-0.05, 0) is 52.4 Å². The number of hydrogen-bond donors (Lipinski definition) is 0. The fourth-order valence-corrected chi connectivity index (χ4v) is 3.68. The molecule has 1 aromatic heterocycles. The largest absolute Gasteiger partial charge is 0.427 e. The maximum atomic E-state index is 11.5. The molecule has 0 saturated carbocycles. The molecule has 0 amide bonds. The van der Waals surface area contributed by atoms with E-state index < -0.39 is 0 Å². The first-order chi connectivity index (χ1) is 14.7. The van der Waals surface area contributed by atoms with Crippen molar-refractivity contribution in [1.29, 1.82) is 0 Å². The summed E-state index contributed by atoms with van der Waals surface area (Å²) in [6, 6.07) is 15.3. The highest BCUT2D eigenvalue weighted by Crippen LogP contribution is 2.30. The maximum absolute atomic E-state index is 11.5. The molecule has 4 rings (SSSR count). The van der Waals surface area contributed by atoms with E-state index in [-0.39, 0.29) is 12.0 Å². The van der Waals surface area contributed by atoms with Gasteiger partial charge in [0.05, 0.1) is 24.9 Å². The second-order valence-electron chi connectivity index (χ2n) is 6.87. The van der Waals surface area contributed by atoms with Crippen molar-refractivity contribution in [3.63, 3.8) is 0 Å². The van der Waals surface area contributed by atoms with Gasteiger partial charge >= 0.3 is 5.97 Å². The number of aromatic nitrogens is 4. The van der Waals surface area contributed by atoms with E-state index in [0.717, 1.165) is 34.6 Å². The van der Waals surface area contributed by atoms with Crippen LogP contribution < -0.4 is 4.74 Å². The predicted molar refractivity (Wildman–Crippen MR) is 113 cm³/mol. The quantitative estimate of drug-likeness (QED) is 0.403. The Morgan fingerprint density at radius 2 is 1.83 bits per heavy atom. The zero-order chi connectivity index (χ0) is 20.9. The van der Waals surface area contributed by atoms with Crippen LogP contribution in [-0.4, -0.2) is 57.4 Å². The smallest absolute Gasteiger partial charge is 0.310 e. The number of tetrazole rings is 1. The lowest BCUT2D eigenvalue weighted by Gasteiger charge is -2.33. The number of carbonyl (C=O) groups is 1. The van der Waals surface area contributed by atoms with Crippen molar-refractivity contribution >= 4 is 21.9 Å². The summed E-state index contributed by atoms with van der Waals surface area (Å²) in [6.07, 6.45) is 0.327. The lowest BCUT2D eigenvalue weighted by atomic mass is 10.0. The molecular formula is C21H22BrN5O3. The van der Waals surface area contributed by atoms with Gasteiger partial charge in [0.1, 0.15) is 5.75 Å². The minimum atomic E-state index is -0.270. The molecule has 8 nitrogen and oxygen atoms in total. The van der Waals surface area contributed by atoms with E-state index in [0.29, 0.717) is 25.4 Å². The fraction of sp³-hybridized carbons (Fsp3) is 0.333. The summed E-state index contributed by atoms with van der Waals surface area (Å²) in [4.78, 5) is 13.8. The molecule has 1 aliphatic rings. The number of benzene rings is 2. The van der Waals surface area contributed by atoms with E-state index in [1.807, 2.05) is 24.3 Å². The van der Waals surface area contributed by atoms with Crippen molar-refractivity contribution in [3.05, 3.63) is 64.4 Å². The summed E-state index contributed by atoms with van der Waals surface area (Å²) < 4.78 is 13.6. The average molecular weight is 472 g/mol. The molecule has 30 heavy (non-hydrogen) atoms. The molecule has 1 unspecified atom stereocenters. The summed E-state index contributed by atoms with van der Waals surface area (Å²) in [6.45, 7) is 4.69. The van der Waals surface area contributed by atoms with Crippen LogP contribution in [0.4, 0.5) is 0 Å². The number of rotatable bonds is 6. The van der Waals surface area contributed by atoms with Gasteiger partial charge in [-0.1, -0.05) is 35.0 Å². The average Bonchev–Trinajstić information content (AvgIpc) is 3.26. The normalized spacial score (nSPS) is 15.7. The SMILES string of the molecule is CCC(=O)Oc1ccc(-n2nnnc2C(c2ccc(Br)cc2)N2CCOCC2)cc1. The summed E-state index contributed by atoms with van der Waals surface area (Å²) in [5.41, 5.74) is 1.89. The Morgan fingerprint density at radius 1 is 1.13 bits per heavy atom. The van der Waals surface area contributed by atoms with E-state index in [9.17, 15) is 4.79 Å². The van der Waals surface area contributed by atoms with Gasteiger partial charge in [0, 0.05) is 24.0 Å². The number of halogens is 1. The molecule has 2 heterocycles. The Morgan fingerprint density at radius 3 is 2.50 bits per heavy atom. The van der Waals surface area contributed by atoms with Crippen LogP contribution in [0.3, 0.4) is 0 Å². The van der Waals surface area contributed by atoms with Gasteiger partial charge in [0.2, 0.25) is 0 Å². The van der Waals surface area contributed by atoms with Crippen LogP contribution in [0.2, 0.25) is 0 Å². The van der Waals surface area contributed by atoms with Crippen molar-refractivity contribution < 1.29 is 14.3 Å². The van der Waals surface area contributed by atoms with E-state index in [1.165, 1.54) is 0 Å². The number of esters is 1. The molecule has 0 aliphatic carbocycles. The first-order valence-electron chi connectivity index (χ1n) is 9.82. The van der Waals surface area contributed by atoms with Crippen LogP contribution in [0, 0.1) is 0 Å². The van der Waals surface area contributed by atoms with Crippen LogP contribution in [0.25, 0.3) is 5.69 Å². The van der Waals surface area contributed by atoms with Gasteiger partial charge in [-0.15, -0.1) is 5.10 Å². The minimum Gasteiger partial charge on any atom is -0.427 e. The Labute approximate surface area is 182 Å². The van der Waals surface area contributed by atoms with Crippen LogP contribution >= 0.6 is 15.9 Å². The third-order valence-electron chi connectivity index (χ3n) is 4.94. The number of ether oxygens (including phenoxy) is 2. The first kappa shape index (κ1) is 20.6. The number of carbonyl (C=O) groups excluding carboxylic acids is 1. The number of hydrogen-bond acceptors (Lipinski definition) is 7. The topological polar surface area (TPSA) is 82.4 Å². The molecule has 0 spiro atoms. The summed E-state index contributed by atoms with van der Waals surface area (Å²) >= 11 is 3.50.